The predicted molar refractivity (Wildman–Crippen MR) is 78.1 cm³/mol. The zero-order chi connectivity index (χ0) is 14.0. The molecule has 1 aromatic carbocycles. The van der Waals surface area contributed by atoms with E-state index in [2.05, 4.69) is 26.1 Å². The van der Waals surface area contributed by atoms with E-state index in [0.717, 1.165) is 13.0 Å². The predicted octanol–water partition coefficient (Wildman–Crippen LogP) is 2.74. The molecule has 0 aromatic heterocycles. The maximum atomic E-state index is 9.87. The molecule has 2 N–H and O–H groups in total. The Labute approximate surface area is 119 Å². The molecule has 0 saturated carbocycles. The van der Waals surface area contributed by atoms with Crippen LogP contribution in [0.2, 0.25) is 5.02 Å². The van der Waals surface area contributed by atoms with Gasteiger partial charge in [0.25, 0.3) is 0 Å². The largest absolute Gasteiger partial charge is 0.486 e. The fraction of sp³-hybridized carbons (Fsp3) is 0.600. The van der Waals surface area contributed by atoms with Gasteiger partial charge in [-0.3, -0.25) is 0 Å². The number of nitrogens with one attached hydrogen (secondary N) is 1. The van der Waals surface area contributed by atoms with Crippen molar-refractivity contribution in [3.8, 4) is 5.75 Å². The monoisotopic (exact) mass is 283 g/mol. The number of hydrogen-bond donors (Lipinski definition) is 2. The summed E-state index contributed by atoms with van der Waals surface area (Å²) in [7, 11) is 0. The molecule has 4 heteroatoms. The number of aliphatic hydroxyl groups excluding tert-OH is 1. The highest BCUT2D eigenvalue weighted by Crippen LogP contribution is 2.32. The Hall–Kier alpha value is -0.770. The highest BCUT2D eigenvalue weighted by molar-refractivity contribution is 6.32. The fourth-order valence-electron chi connectivity index (χ4n) is 2.18. The quantitative estimate of drug-likeness (QED) is 0.877. The van der Waals surface area contributed by atoms with Crippen LogP contribution in [-0.4, -0.2) is 30.4 Å². The molecular formula is C15H22ClNO2. The first kappa shape index (κ1) is 14.6. The molecule has 1 heterocycles. The lowest BCUT2D eigenvalue weighted by molar-refractivity contribution is 0.0163. The highest BCUT2D eigenvalue weighted by atomic mass is 35.5. The Morgan fingerprint density at radius 2 is 2.11 bits per heavy atom. The van der Waals surface area contributed by atoms with E-state index < -0.39 is 6.10 Å². The van der Waals surface area contributed by atoms with E-state index in [1.54, 1.807) is 0 Å². The van der Waals surface area contributed by atoms with Gasteiger partial charge in [0.2, 0.25) is 0 Å². The third-order valence-electron chi connectivity index (χ3n) is 3.46. The van der Waals surface area contributed by atoms with Gasteiger partial charge in [0, 0.05) is 6.54 Å². The maximum absolute atomic E-state index is 9.87. The first-order valence-electron chi connectivity index (χ1n) is 6.73. The normalized spacial score (nSPS) is 24.3. The number of piperidine rings is 1. The standard InChI is InChI=1S/C15H22ClNO2/c1-15(2,3)10-4-5-13(11(16)8-10)19-14-6-7-17-9-12(14)18/h4-5,8,12,14,17-18H,6-7,9H2,1-3H3. The minimum Gasteiger partial charge on any atom is -0.486 e. The van der Waals surface area contributed by atoms with Crippen molar-refractivity contribution in [1.29, 1.82) is 0 Å². The topological polar surface area (TPSA) is 41.5 Å². The smallest absolute Gasteiger partial charge is 0.138 e. The SMILES string of the molecule is CC(C)(C)c1ccc(OC2CCNCC2O)c(Cl)c1. The lowest BCUT2D eigenvalue weighted by Crippen LogP contribution is -2.46. The summed E-state index contributed by atoms with van der Waals surface area (Å²) in [5, 5.41) is 13.6. The zero-order valence-corrected chi connectivity index (χ0v) is 12.5. The molecule has 0 spiro atoms. The molecule has 3 nitrogen and oxygen atoms in total. The third kappa shape index (κ3) is 3.62. The molecule has 106 valence electrons. The molecule has 2 atom stereocenters. The van der Waals surface area contributed by atoms with Crippen molar-refractivity contribution in [2.24, 2.45) is 0 Å². The first-order chi connectivity index (χ1) is 8.88. The van der Waals surface area contributed by atoms with Crippen LogP contribution in [0.25, 0.3) is 0 Å². The second-order valence-corrected chi connectivity index (χ2v) is 6.52. The van der Waals surface area contributed by atoms with Gasteiger partial charge in [-0.2, -0.15) is 0 Å². The molecule has 2 rings (SSSR count). The number of ether oxygens (including phenoxy) is 1. The van der Waals surface area contributed by atoms with Crippen LogP contribution in [0.4, 0.5) is 0 Å². The van der Waals surface area contributed by atoms with E-state index in [4.69, 9.17) is 16.3 Å². The Morgan fingerprint density at radius 3 is 2.68 bits per heavy atom. The third-order valence-corrected chi connectivity index (χ3v) is 3.76. The second kappa shape index (κ2) is 5.70. The molecule has 0 amide bonds. The summed E-state index contributed by atoms with van der Waals surface area (Å²) in [6.07, 6.45) is 0.129. The van der Waals surface area contributed by atoms with E-state index in [-0.39, 0.29) is 11.5 Å². The molecule has 1 aromatic rings. The summed E-state index contributed by atoms with van der Waals surface area (Å²) < 4.78 is 5.84. The van der Waals surface area contributed by atoms with E-state index in [1.807, 2.05) is 18.2 Å². The Balaban J connectivity index is 2.13. The van der Waals surface area contributed by atoms with Crippen LogP contribution in [-0.2, 0) is 5.41 Å². The summed E-state index contributed by atoms with van der Waals surface area (Å²) in [5.74, 6) is 0.653. The van der Waals surface area contributed by atoms with Crippen LogP contribution < -0.4 is 10.1 Å². The Bertz CT molecular complexity index is 442. The molecule has 0 radical (unpaired) electrons. The minimum atomic E-state index is -0.480. The summed E-state index contributed by atoms with van der Waals surface area (Å²) >= 11 is 6.28. The summed E-state index contributed by atoms with van der Waals surface area (Å²) in [5.41, 5.74) is 1.24. The summed E-state index contributed by atoms with van der Waals surface area (Å²) in [4.78, 5) is 0. The molecule has 2 unspecified atom stereocenters. The number of halogens is 1. The van der Waals surface area contributed by atoms with Gasteiger partial charge in [0.15, 0.2) is 0 Å². The first-order valence-corrected chi connectivity index (χ1v) is 7.11. The number of β-amino-alcohol motifs (C(OH)–C–C–N with tert-alkyl or cyclic N) is 1. The van der Waals surface area contributed by atoms with Crippen LogP contribution in [0, 0.1) is 0 Å². The second-order valence-electron chi connectivity index (χ2n) is 6.11. The van der Waals surface area contributed by atoms with Crippen LogP contribution in [0.15, 0.2) is 18.2 Å². The lowest BCUT2D eigenvalue weighted by Gasteiger charge is -2.29. The van der Waals surface area contributed by atoms with Gasteiger partial charge in [-0.05, 0) is 36.1 Å². The molecule has 0 bridgehead atoms. The average molecular weight is 284 g/mol. The lowest BCUT2D eigenvalue weighted by atomic mass is 9.87. The summed E-state index contributed by atoms with van der Waals surface area (Å²) in [6.45, 7) is 7.88. The van der Waals surface area contributed by atoms with Gasteiger partial charge in [-0.15, -0.1) is 0 Å². The van der Waals surface area contributed by atoms with E-state index in [9.17, 15) is 5.11 Å². The molecule has 1 saturated heterocycles. The van der Waals surface area contributed by atoms with Crippen LogP contribution in [0.5, 0.6) is 5.75 Å². The minimum absolute atomic E-state index is 0.0659. The molecular weight excluding hydrogens is 262 g/mol. The van der Waals surface area contributed by atoms with Gasteiger partial charge in [-0.25, -0.2) is 0 Å². The van der Waals surface area contributed by atoms with Gasteiger partial charge in [0.1, 0.15) is 18.0 Å². The van der Waals surface area contributed by atoms with Gasteiger partial charge in [-0.1, -0.05) is 38.4 Å². The fourth-order valence-corrected chi connectivity index (χ4v) is 2.41. The Kier molecular flexibility index (Phi) is 4.39. The summed E-state index contributed by atoms with van der Waals surface area (Å²) in [6, 6.07) is 5.89. The van der Waals surface area contributed by atoms with E-state index >= 15 is 0 Å². The van der Waals surface area contributed by atoms with Crippen molar-refractivity contribution in [1.82, 2.24) is 5.32 Å². The number of benzene rings is 1. The molecule has 0 aliphatic carbocycles. The van der Waals surface area contributed by atoms with Crippen molar-refractivity contribution in [3.63, 3.8) is 0 Å². The number of hydrogen-bond acceptors (Lipinski definition) is 3. The van der Waals surface area contributed by atoms with Gasteiger partial charge >= 0.3 is 0 Å². The van der Waals surface area contributed by atoms with Crippen LogP contribution in [0.3, 0.4) is 0 Å². The molecule has 1 aliphatic heterocycles. The van der Waals surface area contributed by atoms with E-state index in [0.29, 0.717) is 17.3 Å². The van der Waals surface area contributed by atoms with E-state index in [1.165, 1.54) is 5.56 Å². The Morgan fingerprint density at radius 1 is 1.37 bits per heavy atom. The van der Waals surface area contributed by atoms with Crippen LogP contribution >= 0.6 is 11.6 Å². The molecule has 19 heavy (non-hydrogen) atoms. The van der Waals surface area contributed by atoms with Crippen molar-refractivity contribution >= 4 is 11.6 Å². The number of aliphatic hydroxyl groups is 1. The highest BCUT2D eigenvalue weighted by Gasteiger charge is 2.25. The van der Waals surface area contributed by atoms with Gasteiger partial charge in [0.05, 0.1) is 5.02 Å². The van der Waals surface area contributed by atoms with Crippen molar-refractivity contribution in [2.75, 3.05) is 13.1 Å². The molecule has 1 fully saturated rings. The van der Waals surface area contributed by atoms with Crippen molar-refractivity contribution < 1.29 is 9.84 Å². The average Bonchev–Trinajstić information content (AvgIpc) is 2.33. The van der Waals surface area contributed by atoms with Crippen LogP contribution in [0.1, 0.15) is 32.8 Å². The maximum Gasteiger partial charge on any atom is 0.138 e. The zero-order valence-electron chi connectivity index (χ0n) is 11.7. The molecule has 1 aliphatic rings. The van der Waals surface area contributed by atoms with Crippen molar-refractivity contribution in [2.45, 2.75) is 44.8 Å². The number of rotatable bonds is 2. The van der Waals surface area contributed by atoms with Gasteiger partial charge < -0.3 is 15.2 Å². The van der Waals surface area contributed by atoms with Crippen molar-refractivity contribution in [3.05, 3.63) is 28.8 Å².